The van der Waals surface area contributed by atoms with E-state index in [0.717, 1.165) is 39.0 Å². The number of nitrogens with one attached hydrogen (secondary N) is 2. The molecule has 0 bridgehead atoms. The van der Waals surface area contributed by atoms with Crippen molar-refractivity contribution in [2.24, 2.45) is 11.8 Å². The summed E-state index contributed by atoms with van der Waals surface area (Å²) in [4.78, 5) is 49.8. The zero-order valence-corrected chi connectivity index (χ0v) is 28.9. The van der Waals surface area contributed by atoms with Crippen molar-refractivity contribution in [2.45, 2.75) is 78.0 Å². The molecule has 10 heteroatoms. The first-order chi connectivity index (χ1) is 23.0. The van der Waals surface area contributed by atoms with Gasteiger partial charge in [-0.2, -0.15) is 0 Å². The number of aromatic nitrogens is 1. The van der Waals surface area contributed by atoms with Crippen LogP contribution in [0.2, 0.25) is 0 Å². The third kappa shape index (κ3) is 5.71. The van der Waals surface area contributed by atoms with Crippen LogP contribution in [0.4, 0.5) is 0 Å². The number of piperidine rings is 1. The SMILES string of the molecule is COc1ccc(CNC(=O)C[C@H]2C[C@H](C(=O)N(C(C)C)C(C)C)[C@@]3(C)c4[nH]c5cc(-c6ccco6)ccc5c4CCN3C2=O)cc1OC. The summed E-state index contributed by atoms with van der Waals surface area (Å²) < 4.78 is 16.4. The molecule has 0 unspecified atom stereocenters. The van der Waals surface area contributed by atoms with Gasteiger partial charge in [-0.05, 0) is 88.9 Å². The van der Waals surface area contributed by atoms with E-state index in [-0.39, 0.29) is 49.2 Å². The van der Waals surface area contributed by atoms with Crippen molar-refractivity contribution in [3.63, 3.8) is 0 Å². The molecule has 10 nitrogen and oxygen atoms in total. The molecule has 2 aromatic carbocycles. The number of rotatable bonds is 10. The Labute approximate surface area is 281 Å². The lowest BCUT2D eigenvalue weighted by atomic mass is 9.67. The Bertz CT molecular complexity index is 1820. The molecule has 1 saturated heterocycles. The molecule has 0 saturated carbocycles. The van der Waals surface area contributed by atoms with Crippen molar-refractivity contribution >= 4 is 28.6 Å². The second kappa shape index (κ2) is 13.1. The molecule has 254 valence electrons. The van der Waals surface area contributed by atoms with Crippen molar-refractivity contribution in [3.8, 4) is 22.8 Å². The first-order valence-electron chi connectivity index (χ1n) is 16.8. The Morgan fingerprint density at radius 2 is 1.81 bits per heavy atom. The highest BCUT2D eigenvalue weighted by Gasteiger charge is 2.57. The van der Waals surface area contributed by atoms with Gasteiger partial charge in [-0.1, -0.05) is 18.2 Å². The zero-order chi connectivity index (χ0) is 34.3. The number of amides is 3. The molecule has 2 aromatic heterocycles. The molecule has 1 fully saturated rings. The van der Waals surface area contributed by atoms with Crippen LogP contribution in [0, 0.1) is 11.8 Å². The number of aromatic amines is 1. The highest BCUT2D eigenvalue weighted by Crippen LogP contribution is 2.50. The maximum Gasteiger partial charge on any atom is 0.228 e. The van der Waals surface area contributed by atoms with Gasteiger partial charge in [-0.3, -0.25) is 14.4 Å². The van der Waals surface area contributed by atoms with Gasteiger partial charge in [-0.15, -0.1) is 0 Å². The minimum Gasteiger partial charge on any atom is -0.493 e. The Morgan fingerprint density at radius 1 is 1.06 bits per heavy atom. The largest absolute Gasteiger partial charge is 0.493 e. The minimum absolute atomic E-state index is 0.00137. The first-order valence-corrected chi connectivity index (χ1v) is 16.8. The monoisotopic (exact) mass is 654 g/mol. The molecule has 3 atom stereocenters. The Hall–Kier alpha value is -4.73. The van der Waals surface area contributed by atoms with E-state index in [1.54, 1.807) is 26.5 Å². The summed E-state index contributed by atoms with van der Waals surface area (Å²) in [5, 5.41) is 4.06. The van der Waals surface area contributed by atoms with Crippen LogP contribution in [-0.2, 0) is 32.9 Å². The number of furan rings is 1. The fourth-order valence-corrected chi connectivity index (χ4v) is 7.96. The molecule has 0 spiro atoms. The fourth-order valence-electron chi connectivity index (χ4n) is 7.96. The van der Waals surface area contributed by atoms with E-state index in [2.05, 4.69) is 28.5 Å². The molecule has 3 amide bonds. The van der Waals surface area contributed by atoms with Crippen molar-refractivity contribution in [2.75, 3.05) is 20.8 Å². The number of nitrogens with zero attached hydrogens (tertiary/aromatic N) is 2. The summed E-state index contributed by atoms with van der Waals surface area (Å²) in [7, 11) is 3.14. The quantitative estimate of drug-likeness (QED) is 0.216. The fraction of sp³-hybridized carbons (Fsp3) is 0.447. The van der Waals surface area contributed by atoms with Crippen LogP contribution in [0.15, 0.2) is 59.2 Å². The average Bonchev–Trinajstić information content (AvgIpc) is 3.73. The Morgan fingerprint density at radius 3 is 2.48 bits per heavy atom. The first kappa shape index (κ1) is 33.2. The molecular formula is C38H46N4O6. The lowest BCUT2D eigenvalue weighted by Crippen LogP contribution is -2.65. The lowest BCUT2D eigenvalue weighted by Gasteiger charge is -2.54. The van der Waals surface area contributed by atoms with Crippen LogP contribution in [0.25, 0.3) is 22.2 Å². The molecule has 2 aliphatic heterocycles. The highest BCUT2D eigenvalue weighted by molar-refractivity contribution is 5.94. The van der Waals surface area contributed by atoms with Crippen molar-refractivity contribution < 1.29 is 28.3 Å². The molecular weight excluding hydrogens is 608 g/mol. The van der Waals surface area contributed by atoms with Gasteiger partial charge in [0.15, 0.2) is 11.5 Å². The lowest BCUT2D eigenvalue weighted by molar-refractivity contribution is -0.166. The van der Waals surface area contributed by atoms with Crippen molar-refractivity contribution in [1.29, 1.82) is 0 Å². The number of fused-ring (bicyclic) bond motifs is 5. The number of ether oxygens (including phenoxy) is 2. The van der Waals surface area contributed by atoms with E-state index < -0.39 is 17.4 Å². The third-order valence-electron chi connectivity index (χ3n) is 10.2. The number of carbonyl (C=O) groups excluding carboxylic acids is 3. The normalized spacial score (nSPS) is 20.5. The second-order valence-corrected chi connectivity index (χ2v) is 13.7. The maximum atomic E-state index is 14.7. The highest BCUT2D eigenvalue weighted by atomic mass is 16.5. The number of hydrogen-bond acceptors (Lipinski definition) is 6. The molecule has 6 rings (SSSR count). The molecule has 0 aliphatic carbocycles. The number of hydrogen-bond donors (Lipinski definition) is 2. The second-order valence-electron chi connectivity index (χ2n) is 13.7. The van der Waals surface area contributed by atoms with Gasteiger partial charge in [0.05, 0.1) is 31.9 Å². The number of methoxy groups -OCH3 is 2. The molecule has 2 aliphatic rings. The van der Waals surface area contributed by atoms with Gasteiger partial charge in [0.25, 0.3) is 0 Å². The van der Waals surface area contributed by atoms with Gasteiger partial charge >= 0.3 is 0 Å². The summed E-state index contributed by atoms with van der Waals surface area (Å²) in [5.74, 6) is 0.434. The zero-order valence-electron chi connectivity index (χ0n) is 28.9. The van der Waals surface area contributed by atoms with Crippen LogP contribution < -0.4 is 14.8 Å². The average molecular weight is 655 g/mol. The molecule has 4 aromatic rings. The van der Waals surface area contributed by atoms with Crippen molar-refractivity contribution in [1.82, 2.24) is 20.1 Å². The van der Waals surface area contributed by atoms with E-state index in [4.69, 9.17) is 13.9 Å². The minimum atomic E-state index is -0.916. The predicted molar refractivity (Wildman–Crippen MR) is 183 cm³/mol. The number of carbonyl (C=O) groups is 3. The van der Waals surface area contributed by atoms with Crippen LogP contribution in [-0.4, -0.2) is 65.4 Å². The summed E-state index contributed by atoms with van der Waals surface area (Å²) in [6, 6.07) is 15.4. The molecule has 48 heavy (non-hydrogen) atoms. The van der Waals surface area contributed by atoms with Gasteiger partial charge in [0, 0.05) is 59.7 Å². The van der Waals surface area contributed by atoms with Gasteiger partial charge in [0.1, 0.15) is 5.76 Å². The number of benzene rings is 2. The summed E-state index contributed by atoms with van der Waals surface area (Å²) in [6.07, 6.45) is 2.58. The molecule has 0 radical (unpaired) electrons. The summed E-state index contributed by atoms with van der Waals surface area (Å²) in [5.41, 5.74) is 3.85. The maximum absolute atomic E-state index is 14.7. The number of H-pyrrole nitrogens is 1. The van der Waals surface area contributed by atoms with Crippen LogP contribution in [0.3, 0.4) is 0 Å². The van der Waals surface area contributed by atoms with E-state index in [1.165, 1.54) is 0 Å². The van der Waals surface area contributed by atoms with Gasteiger partial charge in [0.2, 0.25) is 17.7 Å². The summed E-state index contributed by atoms with van der Waals surface area (Å²) >= 11 is 0. The summed E-state index contributed by atoms with van der Waals surface area (Å²) in [6.45, 7) is 10.9. The standard InChI is InChI=1S/C38H46N4O6/c1-22(2)42(23(3)4)37(45)29-18-26(20-34(43)39-21-24-10-13-32(46-6)33(17-24)47-7)36(44)41-15-14-28-27-12-11-25(31-9-8-16-48-31)19-30(27)40-35(28)38(29,41)5/h8-13,16-17,19,22-23,26,29,40H,14-15,18,20-21H2,1-7H3,(H,39,43)/t26-,29-,38+/m1/s1. The van der Waals surface area contributed by atoms with E-state index >= 15 is 0 Å². The third-order valence-corrected chi connectivity index (χ3v) is 10.2. The van der Waals surface area contributed by atoms with E-state index in [9.17, 15) is 14.4 Å². The van der Waals surface area contributed by atoms with E-state index in [1.807, 2.05) is 68.7 Å². The van der Waals surface area contributed by atoms with Crippen LogP contribution >= 0.6 is 0 Å². The topological polar surface area (TPSA) is 117 Å². The van der Waals surface area contributed by atoms with E-state index in [0.29, 0.717) is 24.5 Å². The molecule has 2 N–H and O–H groups in total. The van der Waals surface area contributed by atoms with Gasteiger partial charge < -0.3 is 34.0 Å². The van der Waals surface area contributed by atoms with Crippen LogP contribution in [0.5, 0.6) is 11.5 Å². The molecule has 4 heterocycles. The Balaban J connectivity index is 1.32. The van der Waals surface area contributed by atoms with Crippen LogP contribution in [0.1, 0.15) is 64.3 Å². The Kier molecular flexibility index (Phi) is 9.02. The van der Waals surface area contributed by atoms with Gasteiger partial charge in [-0.25, -0.2) is 0 Å². The van der Waals surface area contributed by atoms with Crippen molar-refractivity contribution in [3.05, 3.63) is 71.6 Å². The predicted octanol–water partition coefficient (Wildman–Crippen LogP) is 6.03. The smallest absolute Gasteiger partial charge is 0.228 e.